The van der Waals surface area contributed by atoms with Gasteiger partial charge in [0.05, 0.1) is 6.42 Å². The first-order valence-corrected chi connectivity index (χ1v) is 6.24. The minimum Gasteiger partial charge on any atom is -0.481 e. The lowest BCUT2D eigenvalue weighted by Gasteiger charge is -2.24. The van der Waals surface area contributed by atoms with Crippen molar-refractivity contribution in [2.24, 2.45) is 0 Å². The summed E-state index contributed by atoms with van der Waals surface area (Å²) in [4.78, 5) is 24.3. The maximum atomic E-state index is 11.8. The van der Waals surface area contributed by atoms with Crippen molar-refractivity contribution in [1.29, 1.82) is 0 Å². The molecule has 1 aromatic rings. The van der Waals surface area contributed by atoms with E-state index < -0.39 is 5.97 Å². The van der Waals surface area contributed by atoms with E-state index in [0.29, 0.717) is 6.42 Å². The highest BCUT2D eigenvalue weighted by Crippen LogP contribution is 2.28. The van der Waals surface area contributed by atoms with Crippen LogP contribution in [0.5, 0.6) is 0 Å². The van der Waals surface area contributed by atoms with Crippen molar-refractivity contribution in [2.75, 3.05) is 4.90 Å². The first kappa shape index (κ1) is 12.6. The molecule has 1 amide bonds. The Kier molecular flexibility index (Phi) is 3.65. The summed E-state index contributed by atoms with van der Waals surface area (Å²) in [6, 6.07) is 7.51. The van der Waals surface area contributed by atoms with E-state index in [9.17, 15) is 9.59 Å². The fourth-order valence-electron chi connectivity index (χ4n) is 2.43. The zero-order valence-corrected chi connectivity index (χ0v) is 10.4. The predicted molar refractivity (Wildman–Crippen MR) is 68.6 cm³/mol. The lowest BCUT2D eigenvalue weighted by atomic mass is 10.1. The summed E-state index contributed by atoms with van der Waals surface area (Å²) in [5.74, 6) is -0.681. The van der Waals surface area contributed by atoms with Crippen LogP contribution in [-0.2, 0) is 16.0 Å². The van der Waals surface area contributed by atoms with Crippen molar-refractivity contribution in [2.45, 2.75) is 38.6 Å². The van der Waals surface area contributed by atoms with Gasteiger partial charge in [-0.2, -0.15) is 0 Å². The molecule has 0 aliphatic carbocycles. The monoisotopic (exact) mass is 247 g/mol. The average molecular weight is 247 g/mol. The Balaban J connectivity index is 2.18. The van der Waals surface area contributed by atoms with Crippen LogP contribution in [0, 0.1) is 0 Å². The predicted octanol–water partition coefficient (Wildman–Crippen LogP) is 2.22. The molecule has 1 heterocycles. The molecule has 0 spiro atoms. The molecule has 1 N–H and O–H groups in total. The fourth-order valence-corrected chi connectivity index (χ4v) is 2.43. The minimum atomic E-state index is -0.841. The third-order valence-electron chi connectivity index (χ3n) is 3.37. The Morgan fingerprint density at radius 1 is 1.39 bits per heavy atom. The SMILES string of the molecule is CCC1CCC(=O)N1c1ccc(CC(=O)O)cc1. The summed E-state index contributed by atoms with van der Waals surface area (Å²) in [6.07, 6.45) is 2.48. The number of carbonyl (C=O) groups is 2. The van der Waals surface area contributed by atoms with Gasteiger partial charge in [0, 0.05) is 18.2 Å². The molecule has 1 unspecified atom stereocenters. The van der Waals surface area contributed by atoms with E-state index in [4.69, 9.17) is 5.11 Å². The second-order valence-electron chi connectivity index (χ2n) is 4.60. The molecule has 18 heavy (non-hydrogen) atoms. The van der Waals surface area contributed by atoms with E-state index in [1.165, 1.54) is 0 Å². The van der Waals surface area contributed by atoms with Gasteiger partial charge in [-0.15, -0.1) is 0 Å². The Morgan fingerprint density at radius 3 is 2.61 bits per heavy atom. The highest BCUT2D eigenvalue weighted by atomic mass is 16.4. The number of benzene rings is 1. The van der Waals surface area contributed by atoms with Gasteiger partial charge < -0.3 is 10.0 Å². The summed E-state index contributed by atoms with van der Waals surface area (Å²) in [6.45, 7) is 2.08. The van der Waals surface area contributed by atoms with E-state index in [1.54, 1.807) is 12.1 Å². The van der Waals surface area contributed by atoms with E-state index >= 15 is 0 Å². The van der Waals surface area contributed by atoms with Crippen LogP contribution in [0.2, 0.25) is 0 Å². The topological polar surface area (TPSA) is 57.6 Å². The second-order valence-corrected chi connectivity index (χ2v) is 4.60. The molecule has 4 heteroatoms. The highest BCUT2D eigenvalue weighted by Gasteiger charge is 2.30. The Labute approximate surface area is 106 Å². The molecule has 1 fully saturated rings. The van der Waals surface area contributed by atoms with Crippen molar-refractivity contribution >= 4 is 17.6 Å². The van der Waals surface area contributed by atoms with Crippen LogP contribution < -0.4 is 4.90 Å². The van der Waals surface area contributed by atoms with Gasteiger partial charge in [-0.1, -0.05) is 19.1 Å². The number of amides is 1. The van der Waals surface area contributed by atoms with Crippen LogP contribution in [-0.4, -0.2) is 23.0 Å². The average Bonchev–Trinajstić information content (AvgIpc) is 2.71. The third kappa shape index (κ3) is 2.53. The fraction of sp³-hybridized carbons (Fsp3) is 0.429. The lowest BCUT2D eigenvalue weighted by molar-refractivity contribution is -0.136. The van der Waals surface area contributed by atoms with E-state index in [1.807, 2.05) is 17.0 Å². The molecule has 0 radical (unpaired) electrons. The number of carboxylic acid groups (broad SMARTS) is 1. The normalized spacial score (nSPS) is 19.3. The van der Waals surface area contributed by atoms with Crippen LogP contribution in [0.1, 0.15) is 31.7 Å². The van der Waals surface area contributed by atoms with Gasteiger partial charge in [0.15, 0.2) is 0 Å². The molecule has 0 bridgehead atoms. The zero-order valence-electron chi connectivity index (χ0n) is 10.4. The van der Waals surface area contributed by atoms with Gasteiger partial charge in [-0.05, 0) is 30.5 Å². The van der Waals surface area contributed by atoms with Crippen molar-refractivity contribution in [3.63, 3.8) is 0 Å². The van der Waals surface area contributed by atoms with E-state index in [0.717, 1.165) is 24.1 Å². The van der Waals surface area contributed by atoms with Crippen molar-refractivity contribution < 1.29 is 14.7 Å². The maximum absolute atomic E-state index is 11.8. The number of rotatable bonds is 4. The van der Waals surface area contributed by atoms with Gasteiger partial charge >= 0.3 is 5.97 Å². The summed E-state index contributed by atoms with van der Waals surface area (Å²) in [7, 11) is 0. The molecule has 2 rings (SSSR count). The van der Waals surface area contributed by atoms with Gasteiger partial charge in [0.1, 0.15) is 0 Å². The lowest BCUT2D eigenvalue weighted by Crippen LogP contribution is -2.32. The zero-order chi connectivity index (χ0) is 13.1. The van der Waals surface area contributed by atoms with Gasteiger partial charge in [0.2, 0.25) is 5.91 Å². The Bertz CT molecular complexity index is 453. The number of carbonyl (C=O) groups excluding carboxylic acids is 1. The maximum Gasteiger partial charge on any atom is 0.307 e. The van der Waals surface area contributed by atoms with Gasteiger partial charge in [0.25, 0.3) is 0 Å². The molecule has 1 atom stereocenters. The molecule has 0 saturated carbocycles. The first-order chi connectivity index (χ1) is 8.61. The molecule has 96 valence electrons. The molecular weight excluding hydrogens is 230 g/mol. The number of aliphatic carboxylic acids is 1. The number of hydrogen-bond donors (Lipinski definition) is 1. The summed E-state index contributed by atoms with van der Waals surface area (Å²) < 4.78 is 0. The van der Waals surface area contributed by atoms with Crippen LogP contribution in [0.3, 0.4) is 0 Å². The molecule has 1 aromatic carbocycles. The molecule has 1 aliphatic rings. The van der Waals surface area contributed by atoms with Crippen molar-refractivity contribution in [3.8, 4) is 0 Å². The quantitative estimate of drug-likeness (QED) is 0.887. The van der Waals surface area contributed by atoms with Gasteiger partial charge in [-0.3, -0.25) is 9.59 Å². The summed E-state index contributed by atoms with van der Waals surface area (Å²) in [5.41, 5.74) is 1.63. The number of anilines is 1. The summed E-state index contributed by atoms with van der Waals surface area (Å²) in [5, 5.41) is 8.71. The van der Waals surface area contributed by atoms with Crippen molar-refractivity contribution in [3.05, 3.63) is 29.8 Å². The molecule has 4 nitrogen and oxygen atoms in total. The van der Waals surface area contributed by atoms with Crippen LogP contribution >= 0.6 is 0 Å². The Morgan fingerprint density at radius 2 is 2.06 bits per heavy atom. The molecule has 1 aliphatic heterocycles. The molecular formula is C14H17NO3. The first-order valence-electron chi connectivity index (χ1n) is 6.24. The van der Waals surface area contributed by atoms with Crippen molar-refractivity contribution in [1.82, 2.24) is 0 Å². The largest absolute Gasteiger partial charge is 0.481 e. The highest BCUT2D eigenvalue weighted by molar-refractivity contribution is 5.96. The van der Waals surface area contributed by atoms with Crippen LogP contribution in [0.25, 0.3) is 0 Å². The molecule has 0 aromatic heterocycles. The third-order valence-corrected chi connectivity index (χ3v) is 3.37. The molecule has 1 saturated heterocycles. The number of hydrogen-bond acceptors (Lipinski definition) is 2. The van der Waals surface area contributed by atoms with Crippen LogP contribution in [0.15, 0.2) is 24.3 Å². The van der Waals surface area contributed by atoms with Crippen LogP contribution in [0.4, 0.5) is 5.69 Å². The minimum absolute atomic E-state index is 0.0193. The smallest absolute Gasteiger partial charge is 0.307 e. The standard InChI is InChI=1S/C14H17NO3/c1-2-11-7-8-13(16)15(11)12-5-3-10(4-6-12)9-14(17)18/h3-6,11H,2,7-9H2,1H3,(H,17,18). The van der Waals surface area contributed by atoms with Gasteiger partial charge in [-0.25, -0.2) is 0 Å². The Hall–Kier alpha value is -1.84. The second kappa shape index (κ2) is 5.21. The van der Waals surface area contributed by atoms with E-state index in [2.05, 4.69) is 6.92 Å². The summed E-state index contributed by atoms with van der Waals surface area (Å²) >= 11 is 0. The number of carboxylic acids is 1. The van der Waals surface area contributed by atoms with E-state index in [-0.39, 0.29) is 18.4 Å². The number of nitrogens with zero attached hydrogens (tertiary/aromatic N) is 1.